The first-order chi connectivity index (χ1) is 9.67. The van der Waals surface area contributed by atoms with Crippen molar-refractivity contribution in [1.82, 2.24) is 9.88 Å². The lowest BCUT2D eigenvalue weighted by molar-refractivity contribution is -0.0404. The summed E-state index contributed by atoms with van der Waals surface area (Å²) in [5, 5.41) is 0. The minimum absolute atomic E-state index is 0.141. The molecule has 1 aromatic heterocycles. The zero-order valence-electron chi connectivity index (χ0n) is 12.4. The Bertz CT molecular complexity index is 397. The van der Waals surface area contributed by atoms with Crippen molar-refractivity contribution in [3.63, 3.8) is 0 Å². The van der Waals surface area contributed by atoms with Gasteiger partial charge >= 0.3 is 0 Å². The highest BCUT2D eigenvalue weighted by Gasteiger charge is 2.18. The summed E-state index contributed by atoms with van der Waals surface area (Å²) in [5.74, 6) is 0.788. The first-order valence-corrected chi connectivity index (χ1v) is 7.30. The Hall–Kier alpha value is -1.17. The van der Waals surface area contributed by atoms with Crippen molar-refractivity contribution in [3.8, 4) is 5.75 Å². The molecular weight excluding hydrogens is 254 g/mol. The second-order valence-corrected chi connectivity index (χ2v) is 5.42. The van der Waals surface area contributed by atoms with Crippen molar-refractivity contribution in [2.75, 3.05) is 33.4 Å². The minimum Gasteiger partial charge on any atom is -0.489 e. The van der Waals surface area contributed by atoms with Gasteiger partial charge in [-0.05, 0) is 25.6 Å². The van der Waals surface area contributed by atoms with E-state index in [9.17, 15) is 0 Å². The van der Waals surface area contributed by atoms with Gasteiger partial charge in [0.1, 0.15) is 18.5 Å². The molecule has 0 saturated carbocycles. The van der Waals surface area contributed by atoms with Gasteiger partial charge in [0.15, 0.2) is 0 Å². The molecule has 1 saturated heterocycles. The van der Waals surface area contributed by atoms with E-state index < -0.39 is 0 Å². The first kappa shape index (κ1) is 15.2. The number of rotatable bonds is 6. The third-order valence-electron chi connectivity index (χ3n) is 3.57. The molecule has 0 spiro atoms. The molecule has 1 aromatic rings. The highest BCUT2D eigenvalue weighted by Crippen LogP contribution is 2.12. The second kappa shape index (κ2) is 7.57. The number of nitrogens with zero attached hydrogens (tertiary/aromatic N) is 2. The summed E-state index contributed by atoms with van der Waals surface area (Å²) in [6.07, 6.45) is 3.69. The zero-order valence-corrected chi connectivity index (χ0v) is 12.4. The maximum Gasteiger partial charge on any atom is 0.137 e. The Balaban J connectivity index is 1.78. The van der Waals surface area contributed by atoms with Crippen LogP contribution >= 0.6 is 0 Å². The van der Waals surface area contributed by atoms with E-state index in [2.05, 4.69) is 23.9 Å². The van der Waals surface area contributed by atoms with E-state index >= 15 is 0 Å². The average Bonchev–Trinajstić information content (AvgIpc) is 2.46. The van der Waals surface area contributed by atoms with Gasteiger partial charge < -0.3 is 20.1 Å². The van der Waals surface area contributed by atoms with Crippen LogP contribution in [-0.2, 0) is 11.2 Å². The van der Waals surface area contributed by atoms with Crippen LogP contribution in [0.3, 0.4) is 0 Å². The molecule has 2 N–H and O–H groups in total. The van der Waals surface area contributed by atoms with Gasteiger partial charge in [-0.15, -0.1) is 0 Å². The van der Waals surface area contributed by atoms with Gasteiger partial charge in [0.2, 0.25) is 0 Å². The van der Waals surface area contributed by atoms with Crippen molar-refractivity contribution >= 4 is 0 Å². The van der Waals surface area contributed by atoms with Gasteiger partial charge in [0.05, 0.1) is 12.8 Å². The number of hydrogen-bond donors (Lipinski definition) is 1. The van der Waals surface area contributed by atoms with Crippen LogP contribution in [0.15, 0.2) is 18.3 Å². The molecule has 0 bridgehead atoms. The smallest absolute Gasteiger partial charge is 0.137 e. The lowest BCUT2D eigenvalue weighted by atomic mass is 10.1. The quantitative estimate of drug-likeness (QED) is 0.844. The molecule has 1 fully saturated rings. The maximum atomic E-state index is 5.92. The SMILES string of the molecule is CCC(N)Cc1ccc(OCC2CN(C)CCO2)cn1. The fourth-order valence-corrected chi connectivity index (χ4v) is 2.19. The monoisotopic (exact) mass is 279 g/mol. The van der Waals surface area contributed by atoms with E-state index in [1.54, 1.807) is 6.20 Å². The summed E-state index contributed by atoms with van der Waals surface area (Å²) in [7, 11) is 2.10. The largest absolute Gasteiger partial charge is 0.489 e. The van der Waals surface area contributed by atoms with E-state index in [1.807, 2.05) is 12.1 Å². The highest BCUT2D eigenvalue weighted by molar-refractivity contribution is 5.20. The molecular formula is C15H25N3O2. The summed E-state index contributed by atoms with van der Waals surface area (Å²) in [4.78, 5) is 6.64. The Morgan fingerprint density at radius 3 is 3.05 bits per heavy atom. The van der Waals surface area contributed by atoms with Crippen LogP contribution in [0.1, 0.15) is 19.0 Å². The Kier molecular flexibility index (Phi) is 5.76. The average molecular weight is 279 g/mol. The van der Waals surface area contributed by atoms with Crippen LogP contribution in [0.25, 0.3) is 0 Å². The molecule has 2 rings (SSSR count). The van der Waals surface area contributed by atoms with E-state index in [1.165, 1.54) is 0 Å². The lowest BCUT2D eigenvalue weighted by Gasteiger charge is -2.29. The third-order valence-corrected chi connectivity index (χ3v) is 3.57. The zero-order chi connectivity index (χ0) is 14.4. The molecule has 0 radical (unpaired) electrons. The summed E-state index contributed by atoms with van der Waals surface area (Å²) < 4.78 is 11.4. The highest BCUT2D eigenvalue weighted by atomic mass is 16.5. The van der Waals surface area contributed by atoms with Crippen molar-refractivity contribution < 1.29 is 9.47 Å². The number of aromatic nitrogens is 1. The van der Waals surface area contributed by atoms with Crippen LogP contribution in [0.2, 0.25) is 0 Å². The molecule has 1 aliphatic heterocycles. The van der Waals surface area contributed by atoms with Crippen molar-refractivity contribution in [3.05, 3.63) is 24.0 Å². The van der Waals surface area contributed by atoms with Gasteiger partial charge in [-0.25, -0.2) is 0 Å². The summed E-state index contributed by atoms with van der Waals surface area (Å²) in [6, 6.07) is 4.12. The Morgan fingerprint density at radius 1 is 1.55 bits per heavy atom. The fraction of sp³-hybridized carbons (Fsp3) is 0.667. The summed E-state index contributed by atoms with van der Waals surface area (Å²) >= 11 is 0. The van der Waals surface area contributed by atoms with E-state index in [-0.39, 0.29) is 12.1 Å². The van der Waals surface area contributed by atoms with Crippen molar-refractivity contribution in [2.45, 2.75) is 31.9 Å². The summed E-state index contributed by atoms with van der Waals surface area (Å²) in [6.45, 7) is 5.33. The number of hydrogen-bond acceptors (Lipinski definition) is 5. The molecule has 0 aliphatic carbocycles. The molecule has 0 aromatic carbocycles. The predicted octanol–water partition coefficient (Wildman–Crippen LogP) is 1.07. The van der Waals surface area contributed by atoms with E-state index in [0.29, 0.717) is 6.61 Å². The molecule has 112 valence electrons. The maximum absolute atomic E-state index is 5.92. The molecule has 5 heteroatoms. The molecule has 1 aliphatic rings. The predicted molar refractivity (Wildman–Crippen MR) is 78.9 cm³/mol. The number of pyridine rings is 1. The van der Waals surface area contributed by atoms with Gasteiger partial charge in [0.25, 0.3) is 0 Å². The summed E-state index contributed by atoms with van der Waals surface area (Å²) in [5.41, 5.74) is 6.93. The fourth-order valence-electron chi connectivity index (χ4n) is 2.19. The molecule has 5 nitrogen and oxygen atoms in total. The minimum atomic E-state index is 0.141. The molecule has 2 atom stereocenters. The topological polar surface area (TPSA) is 60.6 Å². The van der Waals surface area contributed by atoms with Crippen LogP contribution in [0.4, 0.5) is 0 Å². The van der Waals surface area contributed by atoms with Gasteiger partial charge in [0, 0.05) is 31.2 Å². The normalized spacial score (nSPS) is 21.6. The van der Waals surface area contributed by atoms with Crippen LogP contribution in [0.5, 0.6) is 5.75 Å². The van der Waals surface area contributed by atoms with E-state index in [4.69, 9.17) is 15.2 Å². The second-order valence-electron chi connectivity index (χ2n) is 5.42. The number of ether oxygens (including phenoxy) is 2. The van der Waals surface area contributed by atoms with Crippen molar-refractivity contribution in [1.29, 1.82) is 0 Å². The number of likely N-dealkylation sites (N-methyl/N-ethyl adjacent to an activating group) is 1. The molecule has 20 heavy (non-hydrogen) atoms. The Labute approximate surface area is 121 Å². The van der Waals surface area contributed by atoms with E-state index in [0.717, 1.165) is 44.0 Å². The third kappa shape index (κ3) is 4.74. The van der Waals surface area contributed by atoms with Gasteiger partial charge in [-0.3, -0.25) is 4.98 Å². The first-order valence-electron chi connectivity index (χ1n) is 7.30. The van der Waals surface area contributed by atoms with Gasteiger partial charge in [-0.1, -0.05) is 6.92 Å². The molecule has 2 heterocycles. The standard InChI is InChI=1S/C15H25N3O2/c1-3-12(16)8-13-4-5-14(9-17-13)20-11-15-10-18(2)6-7-19-15/h4-5,9,12,15H,3,6-8,10-11,16H2,1-2H3. The number of morpholine rings is 1. The Morgan fingerprint density at radius 2 is 2.40 bits per heavy atom. The molecule has 2 unspecified atom stereocenters. The lowest BCUT2D eigenvalue weighted by Crippen LogP contribution is -2.42. The van der Waals surface area contributed by atoms with Gasteiger partial charge in [-0.2, -0.15) is 0 Å². The van der Waals surface area contributed by atoms with Crippen LogP contribution in [-0.4, -0.2) is 55.4 Å². The molecule has 0 amide bonds. The number of nitrogens with two attached hydrogens (primary N) is 1. The van der Waals surface area contributed by atoms with Crippen LogP contribution in [0, 0.1) is 0 Å². The van der Waals surface area contributed by atoms with Crippen LogP contribution < -0.4 is 10.5 Å². The van der Waals surface area contributed by atoms with Crippen molar-refractivity contribution in [2.24, 2.45) is 5.73 Å².